The Morgan fingerprint density at radius 2 is 2.24 bits per heavy atom. The van der Waals surface area contributed by atoms with Crippen LogP contribution in [0.2, 0.25) is 0 Å². The average Bonchev–Trinajstić information content (AvgIpc) is 2.96. The summed E-state index contributed by atoms with van der Waals surface area (Å²) < 4.78 is 6.46. The molecule has 1 aromatic heterocycles. The molecule has 1 fully saturated rings. The Morgan fingerprint density at radius 3 is 3.05 bits per heavy atom. The first-order chi connectivity index (χ1) is 10.3. The van der Waals surface area contributed by atoms with E-state index in [1.807, 2.05) is 18.2 Å². The van der Waals surface area contributed by atoms with Gasteiger partial charge in [0.25, 0.3) is 0 Å². The summed E-state index contributed by atoms with van der Waals surface area (Å²) in [5.74, 6) is 2.28. The molecule has 1 aromatic carbocycles. The monoisotopic (exact) mass is 349 g/mol. The normalized spacial score (nSPS) is 18.8. The molecule has 0 spiro atoms. The Labute approximate surface area is 133 Å². The van der Waals surface area contributed by atoms with Crippen LogP contribution in [0.1, 0.15) is 36.5 Å². The first kappa shape index (κ1) is 14.7. The highest BCUT2D eigenvalue weighted by Crippen LogP contribution is 2.19. The van der Waals surface area contributed by atoms with Crippen LogP contribution < -0.4 is 5.32 Å². The number of halogens is 1. The van der Waals surface area contributed by atoms with Crippen LogP contribution in [-0.2, 0) is 12.8 Å². The molecular weight excluding hydrogens is 330 g/mol. The molecule has 2 aromatic rings. The summed E-state index contributed by atoms with van der Waals surface area (Å²) in [7, 11) is 0. The number of benzene rings is 1. The highest BCUT2D eigenvalue weighted by molar-refractivity contribution is 9.10. The summed E-state index contributed by atoms with van der Waals surface area (Å²) in [6, 6.07) is 8.14. The topological polar surface area (TPSA) is 51.0 Å². The van der Waals surface area contributed by atoms with Crippen molar-refractivity contribution < 1.29 is 4.52 Å². The third-order valence-electron chi connectivity index (χ3n) is 3.98. The quantitative estimate of drug-likeness (QED) is 0.899. The highest BCUT2D eigenvalue weighted by Gasteiger charge is 2.15. The Hall–Kier alpha value is -1.20. The van der Waals surface area contributed by atoms with Gasteiger partial charge in [-0.05, 0) is 49.9 Å². The highest BCUT2D eigenvalue weighted by atomic mass is 79.9. The Kier molecular flexibility index (Phi) is 5.04. The van der Waals surface area contributed by atoms with Gasteiger partial charge in [-0.1, -0.05) is 39.3 Å². The molecule has 0 amide bonds. The molecule has 2 heterocycles. The fourth-order valence-electron chi connectivity index (χ4n) is 2.77. The molecule has 1 atom stereocenters. The molecule has 1 saturated heterocycles. The van der Waals surface area contributed by atoms with Crippen molar-refractivity contribution in [2.75, 3.05) is 13.1 Å². The lowest BCUT2D eigenvalue weighted by atomic mass is 9.95. The van der Waals surface area contributed by atoms with Gasteiger partial charge in [-0.15, -0.1) is 0 Å². The number of rotatable bonds is 5. The maximum atomic E-state index is 5.37. The number of nitrogens with one attached hydrogen (secondary N) is 1. The molecule has 1 unspecified atom stereocenters. The molecule has 1 aliphatic heterocycles. The molecule has 5 heteroatoms. The molecular formula is C16H20BrN3O. The number of nitrogens with zero attached hydrogens (tertiary/aromatic N) is 2. The zero-order valence-corrected chi connectivity index (χ0v) is 13.6. The zero-order valence-electron chi connectivity index (χ0n) is 12.0. The van der Waals surface area contributed by atoms with Crippen molar-refractivity contribution in [3.05, 3.63) is 46.0 Å². The van der Waals surface area contributed by atoms with Crippen LogP contribution in [0.3, 0.4) is 0 Å². The summed E-state index contributed by atoms with van der Waals surface area (Å²) >= 11 is 3.55. The summed E-state index contributed by atoms with van der Waals surface area (Å²) in [5.41, 5.74) is 1.18. The molecule has 3 rings (SSSR count). The van der Waals surface area contributed by atoms with Gasteiger partial charge in [0, 0.05) is 17.3 Å². The number of hydrogen-bond donors (Lipinski definition) is 1. The van der Waals surface area contributed by atoms with Crippen molar-refractivity contribution in [1.82, 2.24) is 15.5 Å². The minimum Gasteiger partial charge on any atom is -0.339 e. The van der Waals surface area contributed by atoms with E-state index in [9.17, 15) is 0 Å². The van der Waals surface area contributed by atoms with E-state index in [2.05, 4.69) is 37.5 Å². The van der Waals surface area contributed by atoms with Crippen LogP contribution in [0, 0.1) is 5.92 Å². The largest absolute Gasteiger partial charge is 0.339 e. The first-order valence-electron chi connectivity index (χ1n) is 7.57. The predicted octanol–water partition coefficient (Wildman–Crippen LogP) is 3.36. The molecule has 0 bridgehead atoms. The van der Waals surface area contributed by atoms with Crippen LogP contribution in [0.5, 0.6) is 0 Å². The average molecular weight is 350 g/mol. The molecule has 4 nitrogen and oxygen atoms in total. The lowest BCUT2D eigenvalue weighted by molar-refractivity contribution is 0.326. The van der Waals surface area contributed by atoms with Gasteiger partial charge >= 0.3 is 0 Å². The molecule has 0 saturated carbocycles. The SMILES string of the molecule is Brc1ccccc1Cc1noc(CCC2CCCNC2)n1. The van der Waals surface area contributed by atoms with Gasteiger partial charge in [0.2, 0.25) is 5.89 Å². The van der Waals surface area contributed by atoms with E-state index < -0.39 is 0 Å². The van der Waals surface area contributed by atoms with Gasteiger partial charge in [0.15, 0.2) is 5.82 Å². The lowest BCUT2D eigenvalue weighted by Crippen LogP contribution is -2.29. The van der Waals surface area contributed by atoms with Gasteiger partial charge in [0.05, 0.1) is 0 Å². The smallest absolute Gasteiger partial charge is 0.226 e. The van der Waals surface area contributed by atoms with E-state index in [4.69, 9.17) is 4.52 Å². The van der Waals surface area contributed by atoms with E-state index in [0.717, 1.165) is 48.0 Å². The van der Waals surface area contributed by atoms with Crippen molar-refractivity contribution in [3.63, 3.8) is 0 Å². The van der Waals surface area contributed by atoms with Crippen LogP contribution >= 0.6 is 15.9 Å². The van der Waals surface area contributed by atoms with Crippen LogP contribution in [0.15, 0.2) is 33.3 Å². The van der Waals surface area contributed by atoms with Crippen molar-refractivity contribution >= 4 is 15.9 Å². The summed E-state index contributed by atoms with van der Waals surface area (Å²) in [5, 5.41) is 7.54. The fourth-order valence-corrected chi connectivity index (χ4v) is 3.20. The van der Waals surface area contributed by atoms with E-state index in [1.165, 1.54) is 18.4 Å². The fraction of sp³-hybridized carbons (Fsp3) is 0.500. The van der Waals surface area contributed by atoms with Gasteiger partial charge in [-0.25, -0.2) is 0 Å². The molecule has 112 valence electrons. The zero-order chi connectivity index (χ0) is 14.5. The van der Waals surface area contributed by atoms with Gasteiger partial charge < -0.3 is 9.84 Å². The predicted molar refractivity (Wildman–Crippen MR) is 85.2 cm³/mol. The van der Waals surface area contributed by atoms with Gasteiger partial charge in [-0.2, -0.15) is 4.98 Å². The van der Waals surface area contributed by atoms with Crippen molar-refractivity contribution in [1.29, 1.82) is 0 Å². The minimum absolute atomic E-state index is 0.704. The second kappa shape index (κ2) is 7.18. The van der Waals surface area contributed by atoms with Crippen molar-refractivity contribution in [2.45, 2.75) is 32.1 Å². The van der Waals surface area contributed by atoms with Gasteiger partial charge in [0.1, 0.15) is 0 Å². The maximum Gasteiger partial charge on any atom is 0.226 e. The number of aryl methyl sites for hydroxylation is 1. The van der Waals surface area contributed by atoms with E-state index in [-0.39, 0.29) is 0 Å². The second-order valence-electron chi connectivity index (χ2n) is 5.62. The van der Waals surface area contributed by atoms with Crippen molar-refractivity contribution in [2.24, 2.45) is 5.92 Å². The van der Waals surface area contributed by atoms with E-state index >= 15 is 0 Å². The third kappa shape index (κ3) is 4.14. The number of piperidine rings is 1. The standard InChI is InChI=1S/C16H20BrN3O/c17-14-6-2-1-5-13(14)10-15-19-16(21-20-15)8-7-12-4-3-9-18-11-12/h1-2,5-6,12,18H,3-4,7-11H2. The lowest BCUT2D eigenvalue weighted by Gasteiger charge is -2.21. The molecule has 21 heavy (non-hydrogen) atoms. The molecule has 0 aliphatic carbocycles. The Balaban J connectivity index is 1.55. The third-order valence-corrected chi connectivity index (χ3v) is 4.76. The minimum atomic E-state index is 0.704. The van der Waals surface area contributed by atoms with E-state index in [0.29, 0.717) is 6.42 Å². The van der Waals surface area contributed by atoms with Gasteiger partial charge in [-0.3, -0.25) is 0 Å². The Morgan fingerprint density at radius 1 is 1.33 bits per heavy atom. The second-order valence-corrected chi connectivity index (χ2v) is 6.48. The first-order valence-corrected chi connectivity index (χ1v) is 8.36. The molecule has 1 N–H and O–H groups in total. The number of aromatic nitrogens is 2. The number of hydrogen-bond acceptors (Lipinski definition) is 4. The van der Waals surface area contributed by atoms with Crippen molar-refractivity contribution in [3.8, 4) is 0 Å². The van der Waals surface area contributed by atoms with Crippen LogP contribution in [0.4, 0.5) is 0 Å². The van der Waals surface area contributed by atoms with E-state index in [1.54, 1.807) is 0 Å². The van der Waals surface area contributed by atoms with Crippen LogP contribution in [0.25, 0.3) is 0 Å². The Bertz CT molecular complexity index is 578. The molecule has 0 radical (unpaired) electrons. The summed E-state index contributed by atoms with van der Waals surface area (Å²) in [6.45, 7) is 2.28. The maximum absolute atomic E-state index is 5.37. The molecule has 1 aliphatic rings. The summed E-state index contributed by atoms with van der Waals surface area (Å²) in [4.78, 5) is 4.51. The summed E-state index contributed by atoms with van der Waals surface area (Å²) in [6.07, 6.45) is 5.31. The van der Waals surface area contributed by atoms with Crippen LogP contribution in [-0.4, -0.2) is 23.2 Å².